The van der Waals surface area contributed by atoms with Crippen LogP contribution in [0.3, 0.4) is 0 Å². The Morgan fingerprint density at radius 3 is 2.42 bits per heavy atom. The maximum absolute atomic E-state index is 13.2. The van der Waals surface area contributed by atoms with Gasteiger partial charge in [-0.3, -0.25) is 14.4 Å². The number of carbonyl (C=O) groups is 3. The molecule has 0 spiro atoms. The number of hydrogen-bond acceptors (Lipinski definition) is 4. The Kier molecular flexibility index (Phi) is 5.34. The van der Waals surface area contributed by atoms with Gasteiger partial charge in [0.2, 0.25) is 0 Å². The Labute approximate surface area is 150 Å². The average molecular weight is 365 g/mol. The van der Waals surface area contributed by atoms with Crippen LogP contribution >= 0.6 is 0 Å². The smallest absolute Gasteiger partial charge is 0.309 e. The Hall–Kier alpha value is -2.31. The minimum atomic E-state index is -1.08. The van der Waals surface area contributed by atoms with E-state index >= 15 is 0 Å². The third-order valence-corrected chi connectivity index (χ3v) is 5.23. The van der Waals surface area contributed by atoms with Gasteiger partial charge in [-0.05, 0) is 44.7 Å². The summed E-state index contributed by atoms with van der Waals surface area (Å²) in [4.78, 5) is 36.6. The maximum Gasteiger partial charge on any atom is 0.309 e. The van der Waals surface area contributed by atoms with Crippen LogP contribution in [-0.2, 0) is 19.1 Å². The van der Waals surface area contributed by atoms with Gasteiger partial charge >= 0.3 is 5.97 Å². The molecule has 2 saturated carbocycles. The first-order valence-electron chi connectivity index (χ1n) is 8.85. The van der Waals surface area contributed by atoms with Gasteiger partial charge in [0.15, 0.2) is 17.7 Å². The summed E-state index contributed by atoms with van der Waals surface area (Å²) in [5.74, 6) is -3.48. The molecule has 2 aliphatic rings. The first-order valence-corrected chi connectivity index (χ1v) is 8.85. The predicted molar refractivity (Wildman–Crippen MR) is 89.1 cm³/mol. The fourth-order valence-corrected chi connectivity index (χ4v) is 3.81. The van der Waals surface area contributed by atoms with Crippen molar-refractivity contribution < 1.29 is 27.9 Å². The van der Waals surface area contributed by atoms with Gasteiger partial charge in [0.25, 0.3) is 5.91 Å². The molecular weight excluding hydrogens is 344 g/mol. The summed E-state index contributed by atoms with van der Waals surface area (Å²) >= 11 is 0. The van der Waals surface area contributed by atoms with E-state index < -0.39 is 29.6 Å². The Morgan fingerprint density at radius 1 is 1.15 bits per heavy atom. The zero-order valence-electron chi connectivity index (χ0n) is 14.5. The van der Waals surface area contributed by atoms with Crippen LogP contribution in [0.5, 0.6) is 0 Å². The zero-order valence-corrected chi connectivity index (χ0v) is 14.5. The van der Waals surface area contributed by atoms with Crippen molar-refractivity contribution in [3.8, 4) is 0 Å². The lowest BCUT2D eigenvalue weighted by Gasteiger charge is -2.36. The number of Topliss-reactive ketones (excluding diaryl/α,β-unsaturated/α-hetero) is 1. The van der Waals surface area contributed by atoms with Gasteiger partial charge in [-0.25, -0.2) is 8.78 Å². The summed E-state index contributed by atoms with van der Waals surface area (Å²) in [6, 6.07) is 2.98. The van der Waals surface area contributed by atoms with E-state index in [4.69, 9.17) is 4.74 Å². The molecular formula is C19H21F2NO4. The van der Waals surface area contributed by atoms with Crippen LogP contribution in [0.2, 0.25) is 0 Å². The van der Waals surface area contributed by atoms with Gasteiger partial charge in [-0.1, -0.05) is 6.42 Å². The van der Waals surface area contributed by atoms with E-state index in [1.807, 2.05) is 0 Å². The summed E-state index contributed by atoms with van der Waals surface area (Å²) in [5, 5.41) is 2.39. The number of ketones is 1. The van der Waals surface area contributed by atoms with Crippen LogP contribution in [0.15, 0.2) is 18.2 Å². The van der Waals surface area contributed by atoms with Gasteiger partial charge in [0.1, 0.15) is 5.78 Å². The molecule has 0 aliphatic heterocycles. The SMILES string of the molecule is CC(OC(=O)C1CC2CCCC(C1)C2=O)C(=O)Nc1ccc(F)c(F)c1. The number of nitrogens with one attached hydrogen (secondary N) is 1. The number of amides is 1. The number of esters is 1. The highest BCUT2D eigenvalue weighted by Crippen LogP contribution is 2.40. The van der Waals surface area contributed by atoms with Crippen molar-refractivity contribution in [2.75, 3.05) is 5.32 Å². The van der Waals surface area contributed by atoms with Crippen LogP contribution in [0.4, 0.5) is 14.5 Å². The number of fused-ring (bicyclic) bond motifs is 2. The van der Waals surface area contributed by atoms with Gasteiger partial charge < -0.3 is 10.1 Å². The summed E-state index contributed by atoms with van der Waals surface area (Å²) in [6.45, 7) is 1.42. The van der Waals surface area contributed by atoms with E-state index in [2.05, 4.69) is 5.32 Å². The summed E-state index contributed by atoms with van der Waals surface area (Å²) in [5.41, 5.74) is 0.0783. The number of benzene rings is 1. The first kappa shape index (κ1) is 18.5. The molecule has 3 rings (SSSR count). The monoisotopic (exact) mass is 365 g/mol. The molecule has 26 heavy (non-hydrogen) atoms. The average Bonchev–Trinajstić information content (AvgIpc) is 2.57. The number of halogens is 2. The fraction of sp³-hybridized carbons (Fsp3) is 0.526. The van der Waals surface area contributed by atoms with E-state index in [0.717, 1.165) is 31.4 Å². The number of ether oxygens (including phenoxy) is 1. The third-order valence-electron chi connectivity index (χ3n) is 5.23. The summed E-state index contributed by atoms with van der Waals surface area (Å²) in [7, 11) is 0. The molecule has 0 aromatic heterocycles. The molecule has 1 N–H and O–H groups in total. The largest absolute Gasteiger partial charge is 0.452 e. The molecule has 1 aromatic rings. The maximum atomic E-state index is 13.2. The minimum absolute atomic E-state index is 0.0774. The molecule has 7 heteroatoms. The van der Waals surface area contributed by atoms with Crippen LogP contribution in [0.25, 0.3) is 0 Å². The highest BCUT2D eigenvalue weighted by atomic mass is 19.2. The molecule has 0 saturated heterocycles. The summed E-state index contributed by atoms with van der Waals surface area (Å²) < 4.78 is 31.4. The van der Waals surface area contributed by atoms with Crippen molar-refractivity contribution in [3.63, 3.8) is 0 Å². The molecule has 1 aromatic carbocycles. The molecule has 1 amide bonds. The highest BCUT2D eigenvalue weighted by Gasteiger charge is 2.42. The lowest BCUT2D eigenvalue weighted by atomic mass is 9.67. The minimum Gasteiger partial charge on any atom is -0.452 e. The van der Waals surface area contributed by atoms with Crippen LogP contribution in [0.1, 0.15) is 39.0 Å². The quantitative estimate of drug-likeness (QED) is 0.832. The van der Waals surface area contributed by atoms with E-state index in [0.29, 0.717) is 12.8 Å². The second-order valence-corrected chi connectivity index (χ2v) is 7.09. The van der Waals surface area contributed by atoms with E-state index in [1.54, 1.807) is 0 Å². The molecule has 5 nitrogen and oxygen atoms in total. The Balaban J connectivity index is 1.56. The van der Waals surface area contributed by atoms with Crippen molar-refractivity contribution in [2.45, 2.75) is 45.1 Å². The second-order valence-electron chi connectivity index (χ2n) is 7.09. The molecule has 2 aliphatic carbocycles. The van der Waals surface area contributed by atoms with Crippen LogP contribution in [0, 0.1) is 29.4 Å². The van der Waals surface area contributed by atoms with E-state index in [-0.39, 0.29) is 29.2 Å². The van der Waals surface area contributed by atoms with Crippen molar-refractivity contribution in [1.29, 1.82) is 0 Å². The van der Waals surface area contributed by atoms with Gasteiger partial charge in [0, 0.05) is 23.6 Å². The van der Waals surface area contributed by atoms with Gasteiger partial charge in [-0.15, -0.1) is 0 Å². The number of carbonyl (C=O) groups excluding carboxylic acids is 3. The molecule has 3 unspecified atom stereocenters. The molecule has 0 radical (unpaired) electrons. The third kappa shape index (κ3) is 3.92. The fourth-order valence-electron chi connectivity index (χ4n) is 3.81. The van der Waals surface area contributed by atoms with Crippen molar-refractivity contribution in [3.05, 3.63) is 29.8 Å². The predicted octanol–water partition coefficient (Wildman–Crippen LogP) is 3.23. The molecule has 3 atom stereocenters. The van der Waals surface area contributed by atoms with Crippen LogP contribution < -0.4 is 5.32 Å². The first-order chi connectivity index (χ1) is 12.3. The topological polar surface area (TPSA) is 72.5 Å². The summed E-state index contributed by atoms with van der Waals surface area (Å²) in [6.07, 6.45) is 2.51. The van der Waals surface area contributed by atoms with Crippen LogP contribution in [-0.4, -0.2) is 23.8 Å². The Morgan fingerprint density at radius 2 is 1.81 bits per heavy atom. The zero-order chi connectivity index (χ0) is 18.8. The van der Waals surface area contributed by atoms with Gasteiger partial charge in [0.05, 0.1) is 5.92 Å². The van der Waals surface area contributed by atoms with Crippen molar-refractivity contribution >= 4 is 23.3 Å². The Bertz CT molecular complexity index is 720. The highest BCUT2D eigenvalue weighted by molar-refractivity contribution is 5.95. The van der Waals surface area contributed by atoms with E-state index in [9.17, 15) is 23.2 Å². The number of anilines is 1. The molecule has 0 heterocycles. The number of rotatable bonds is 4. The lowest BCUT2D eigenvalue weighted by Crippen LogP contribution is -2.41. The lowest BCUT2D eigenvalue weighted by molar-refractivity contribution is -0.161. The standard InChI is InChI=1S/C19H21F2NO4/c1-10(18(24)22-14-5-6-15(20)16(21)9-14)26-19(25)13-7-11-3-2-4-12(8-13)17(11)23/h5-6,9-13H,2-4,7-8H2,1H3,(H,22,24). The van der Waals surface area contributed by atoms with E-state index in [1.165, 1.54) is 13.0 Å². The second kappa shape index (κ2) is 7.51. The van der Waals surface area contributed by atoms with Gasteiger partial charge in [-0.2, -0.15) is 0 Å². The normalized spacial score (nSPS) is 26.1. The molecule has 2 bridgehead atoms. The molecule has 2 fully saturated rings. The molecule has 140 valence electrons. The van der Waals surface area contributed by atoms with Crippen molar-refractivity contribution in [1.82, 2.24) is 0 Å². The number of hydrogen-bond donors (Lipinski definition) is 1. The van der Waals surface area contributed by atoms with Crippen molar-refractivity contribution in [2.24, 2.45) is 17.8 Å².